The second kappa shape index (κ2) is 6.36. The molecule has 2 fully saturated rings. The third-order valence-electron chi connectivity index (χ3n) is 5.11. The first kappa shape index (κ1) is 17.2. The number of aliphatic hydroxyl groups is 1. The highest BCUT2D eigenvalue weighted by Gasteiger charge is 2.46. The number of carbonyl (C=O) groups excluding carboxylic acids is 1. The molecule has 132 valence electrons. The number of carbonyl (C=O) groups is 1. The van der Waals surface area contributed by atoms with Crippen molar-refractivity contribution < 1.29 is 19.0 Å². The molecule has 24 heavy (non-hydrogen) atoms. The normalized spacial score (nSPS) is 30.1. The first-order valence-corrected chi connectivity index (χ1v) is 8.66. The molecule has 4 nitrogen and oxygen atoms in total. The van der Waals surface area contributed by atoms with Gasteiger partial charge in [0.25, 0.3) is 0 Å². The largest absolute Gasteiger partial charge is 0.444 e. The Labute approximate surface area is 142 Å². The Bertz CT molecular complexity index is 596. The molecule has 1 aromatic carbocycles. The molecule has 1 aromatic rings. The molecular formula is C19H26FNO3. The second-order valence-corrected chi connectivity index (χ2v) is 8.03. The molecule has 0 radical (unpaired) electrons. The van der Waals surface area contributed by atoms with Crippen LogP contribution in [0.1, 0.15) is 45.1 Å². The Hall–Kier alpha value is -1.62. The lowest BCUT2D eigenvalue weighted by Crippen LogP contribution is -2.37. The summed E-state index contributed by atoms with van der Waals surface area (Å²) in [6.45, 7) is 6.83. The molecule has 0 spiro atoms. The highest BCUT2D eigenvalue weighted by atomic mass is 19.1. The number of hydrogen-bond donors (Lipinski definition) is 1. The number of halogens is 1. The molecule has 1 amide bonds. The monoisotopic (exact) mass is 335 g/mol. The third kappa shape index (κ3) is 3.56. The highest BCUT2D eigenvalue weighted by molar-refractivity contribution is 5.68. The predicted octanol–water partition coefficient (Wildman–Crippen LogP) is 3.55. The van der Waals surface area contributed by atoms with Crippen LogP contribution >= 0.6 is 0 Å². The average Bonchev–Trinajstić information content (AvgIpc) is 2.91. The van der Waals surface area contributed by atoms with Crippen molar-refractivity contribution in [3.05, 3.63) is 35.6 Å². The van der Waals surface area contributed by atoms with Crippen molar-refractivity contribution in [1.82, 2.24) is 4.90 Å². The second-order valence-electron chi connectivity index (χ2n) is 8.03. The summed E-state index contributed by atoms with van der Waals surface area (Å²) < 4.78 is 18.7. The van der Waals surface area contributed by atoms with Crippen LogP contribution < -0.4 is 0 Å². The van der Waals surface area contributed by atoms with E-state index in [1.807, 2.05) is 20.8 Å². The van der Waals surface area contributed by atoms with Gasteiger partial charge in [-0.15, -0.1) is 0 Å². The summed E-state index contributed by atoms with van der Waals surface area (Å²) in [6.07, 6.45) is 0.883. The highest BCUT2D eigenvalue weighted by Crippen LogP contribution is 2.45. The fourth-order valence-corrected chi connectivity index (χ4v) is 4.09. The van der Waals surface area contributed by atoms with Crippen molar-refractivity contribution in [2.24, 2.45) is 11.8 Å². The van der Waals surface area contributed by atoms with Gasteiger partial charge in [0.1, 0.15) is 11.4 Å². The third-order valence-corrected chi connectivity index (χ3v) is 5.11. The number of rotatable bonds is 1. The van der Waals surface area contributed by atoms with Crippen LogP contribution in [0.2, 0.25) is 0 Å². The van der Waals surface area contributed by atoms with E-state index in [2.05, 4.69) is 0 Å². The smallest absolute Gasteiger partial charge is 0.410 e. The van der Waals surface area contributed by atoms with Crippen LogP contribution in [-0.4, -0.2) is 40.9 Å². The van der Waals surface area contributed by atoms with Crippen molar-refractivity contribution in [2.75, 3.05) is 13.1 Å². The van der Waals surface area contributed by atoms with Gasteiger partial charge in [-0.05, 0) is 63.1 Å². The van der Waals surface area contributed by atoms with Gasteiger partial charge in [0, 0.05) is 19.0 Å². The molecule has 1 saturated carbocycles. The maximum atomic E-state index is 13.2. The van der Waals surface area contributed by atoms with Crippen molar-refractivity contribution in [2.45, 2.75) is 51.2 Å². The fraction of sp³-hybridized carbons (Fsp3) is 0.632. The van der Waals surface area contributed by atoms with E-state index in [0.29, 0.717) is 25.4 Å². The summed E-state index contributed by atoms with van der Waals surface area (Å²) in [5.74, 6) is 0.210. The minimum absolute atomic E-state index is 0.0585. The van der Waals surface area contributed by atoms with Gasteiger partial charge >= 0.3 is 6.09 Å². The molecule has 0 aromatic heterocycles. The predicted molar refractivity (Wildman–Crippen MR) is 89.2 cm³/mol. The number of benzene rings is 1. The van der Waals surface area contributed by atoms with E-state index in [9.17, 15) is 14.3 Å². The van der Waals surface area contributed by atoms with Crippen LogP contribution in [0, 0.1) is 17.7 Å². The zero-order chi connectivity index (χ0) is 17.5. The topological polar surface area (TPSA) is 49.8 Å². The minimum atomic E-state index is -0.513. The molecule has 1 aliphatic heterocycles. The Balaban J connectivity index is 1.77. The number of nitrogens with zero attached hydrogens (tertiary/aromatic N) is 1. The Morgan fingerprint density at radius 1 is 1.21 bits per heavy atom. The van der Waals surface area contributed by atoms with Crippen LogP contribution in [-0.2, 0) is 4.74 Å². The lowest BCUT2D eigenvalue weighted by molar-refractivity contribution is 0.0278. The van der Waals surface area contributed by atoms with Crippen LogP contribution in [0.15, 0.2) is 24.3 Å². The number of fused-ring (bicyclic) bond motifs is 1. The van der Waals surface area contributed by atoms with Gasteiger partial charge in [0.05, 0.1) is 6.10 Å². The summed E-state index contributed by atoms with van der Waals surface area (Å²) in [4.78, 5) is 14.1. The van der Waals surface area contributed by atoms with E-state index >= 15 is 0 Å². The Morgan fingerprint density at radius 2 is 1.88 bits per heavy atom. The summed E-state index contributed by atoms with van der Waals surface area (Å²) in [5, 5.41) is 10.5. The maximum absolute atomic E-state index is 13.2. The molecule has 1 N–H and O–H groups in total. The van der Waals surface area contributed by atoms with Gasteiger partial charge < -0.3 is 14.7 Å². The van der Waals surface area contributed by atoms with E-state index < -0.39 is 11.7 Å². The quantitative estimate of drug-likeness (QED) is 0.854. The molecule has 1 heterocycles. The summed E-state index contributed by atoms with van der Waals surface area (Å²) in [5.41, 5.74) is 0.436. The van der Waals surface area contributed by atoms with Gasteiger partial charge in [-0.3, -0.25) is 0 Å². The van der Waals surface area contributed by atoms with Gasteiger partial charge in [0.15, 0.2) is 0 Å². The summed E-state index contributed by atoms with van der Waals surface area (Å²) >= 11 is 0. The first-order chi connectivity index (χ1) is 11.2. The summed E-state index contributed by atoms with van der Waals surface area (Å²) in [7, 11) is 0. The number of aliphatic hydroxyl groups excluding tert-OH is 1. The van der Waals surface area contributed by atoms with Crippen molar-refractivity contribution >= 4 is 6.09 Å². The molecule has 1 aliphatic carbocycles. The van der Waals surface area contributed by atoms with Crippen molar-refractivity contribution in [3.63, 3.8) is 0 Å². The van der Waals surface area contributed by atoms with Crippen LogP contribution in [0.4, 0.5) is 9.18 Å². The van der Waals surface area contributed by atoms with Crippen molar-refractivity contribution in [1.29, 1.82) is 0 Å². The molecule has 2 aliphatic rings. The number of likely N-dealkylation sites (tertiary alicyclic amines) is 1. The van der Waals surface area contributed by atoms with Crippen molar-refractivity contribution in [3.8, 4) is 0 Å². The van der Waals surface area contributed by atoms with Crippen LogP contribution in [0.3, 0.4) is 0 Å². The van der Waals surface area contributed by atoms with E-state index in [0.717, 1.165) is 12.0 Å². The lowest BCUT2D eigenvalue weighted by Gasteiger charge is -2.37. The van der Waals surface area contributed by atoms with Gasteiger partial charge in [0.2, 0.25) is 0 Å². The van der Waals surface area contributed by atoms with Crippen LogP contribution in [0.5, 0.6) is 0 Å². The zero-order valence-electron chi connectivity index (χ0n) is 14.5. The van der Waals surface area contributed by atoms with Gasteiger partial charge in [-0.25, -0.2) is 9.18 Å². The average molecular weight is 335 g/mol. The van der Waals surface area contributed by atoms with E-state index in [4.69, 9.17) is 4.74 Å². The Kier molecular flexibility index (Phi) is 4.56. The Morgan fingerprint density at radius 3 is 2.50 bits per heavy atom. The summed E-state index contributed by atoms with van der Waals surface area (Å²) in [6, 6.07) is 6.38. The molecule has 0 unspecified atom stereocenters. The molecular weight excluding hydrogens is 309 g/mol. The fourth-order valence-electron chi connectivity index (χ4n) is 4.09. The van der Waals surface area contributed by atoms with E-state index in [-0.39, 0.29) is 23.7 Å². The standard InChI is InChI=1S/C19H26FNO3/c1-19(2,3)24-18(23)21-10-13-6-9-16(22)17(15(13)11-21)12-4-7-14(20)8-5-12/h4-5,7-8,13,15-17,22H,6,9-11H2,1-3H3/t13-,15+,16-,17-/m1/s1. The van der Waals surface area contributed by atoms with E-state index in [1.54, 1.807) is 17.0 Å². The maximum Gasteiger partial charge on any atom is 0.410 e. The molecule has 5 heteroatoms. The molecule has 0 bridgehead atoms. The first-order valence-electron chi connectivity index (χ1n) is 8.66. The minimum Gasteiger partial charge on any atom is -0.444 e. The number of amides is 1. The zero-order valence-corrected chi connectivity index (χ0v) is 14.5. The SMILES string of the molecule is CC(C)(C)OC(=O)N1C[C@H]2CC[C@@H](O)[C@H](c3ccc(F)cc3)[C@H]2C1. The van der Waals surface area contributed by atoms with Crippen LogP contribution in [0.25, 0.3) is 0 Å². The molecule has 3 rings (SSSR count). The lowest BCUT2D eigenvalue weighted by atomic mass is 9.69. The molecule has 4 atom stereocenters. The molecule has 1 saturated heterocycles. The van der Waals surface area contributed by atoms with Gasteiger partial charge in [-0.1, -0.05) is 12.1 Å². The number of hydrogen-bond acceptors (Lipinski definition) is 3. The van der Waals surface area contributed by atoms with Gasteiger partial charge in [-0.2, -0.15) is 0 Å². The van der Waals surface area contributed by atoms with E-state index in [1.165, 1.54) is 12.1 Å². The number of ether oxygens (including phenoxy) is 1.